The Labute approximate surface area is 184 Å². The lowest BCUT2D eigenvalue weighted by molar-refractivity contribution is 0.0961. The molecule has 3 amide bonds. The molecular formula is C22H20ClN3O5. The molecule has 8 nitrogen and oxygen atoms in total. The van der Waals surface area contributed by atoms with Crippen LogP contribution in [0.15, 0.2) is 60.8 Å². The summed E-state index contributed by atoms with van der Waals surface area (Å²) >= 11 is 5.86. The summed E-state index contributed by atoms with van der Waals surface area (Å²) in [5.74, 6) is 0.292. The quantitative estimate of drug-likeness (QED) is 0.567. The van der Waals surface area contributed by atoms with Crippen molar-refractivity contribution in [2.45, 2.75) is 6.61 Å². The maximum atomic E-state index is 12.5. The van der Waals surface area contributed by atoms with Crippen LogP contribution in [0.3, 0.4) is 0 Å². The number of nitrogens with zero attached hydrogens (tertiary/aromatic N) is 1. The van der Waals surface area contributed by atoms with Crippen molar-refractivity contribution in [1.82, 2.24) is 10.3 Å². The van der Waals surface area contributed by atoms with Crippen LogP contribution in [-0.4, -0.2) is 31.1 Å². The van der Waals surface area contributed by atoms with Crippen molar-refractivity contribution in [2.24, 2.45) is 0 Å². The van der Waals surface area contributed by atoms with Crippen LogP contribution >= 0.6 is 11.6 Å². The SMILES string of the molecule is COc1cccc(OC)c1C(=O)NC(=O)Nc1ccc(OCc2ccc(Cl)cc2)nc1. The van der Waals surface area contributed by atoms with Crippen LogP contribution in [0.2, 0.25) is 5.02 Å². The molecule has 0 aliphatic heterocycles. The lowest BCUT2D eigenvalue weighted by Crippen LogP contribution is -2.34. The molecule has 0 saturated carbocycles. The predicted octanol–water partition coefficient (Wildman–Crippen LogP) is 4.29. The minimum atomic E-state index is -0.727. The molecule has 2 N–H and O–H groups in total. The summed E-state index contributed by atoms with van der Waals surface area (Å²) in [5, 5.41) is 5.43. The number of aromatic nitrogens is 1. The number of hydrogen-bond donors (Lipinski definition) is 2. The Morgan fingerprint density at radius 3 is 2.23 bits per heavy atom. The van der Waals surface area contributed by atoms with Gasteiger partial charge in [0.2, 0.25) is 5.88 Å². The van der Waals surface area contributed by atoms with Gasteiger partial charge in [-0.15, -0.1) is 0 Å². The number of benzene rings is 2. The number of amides is 3. The maximum Gasteiger partial charge on any atom is 0.326 e. The fourth-order valence-electron chi connectivity index (χ4n) is 2.68. The number of carbonyl (C=O) groups excluding carboxylic acids is 2. The van der Waals surface area contributed by atoms with E-state index >= 15 is 0 Å². The van der Waals surface area contributed by atoms with E-state index in [1.54, 1.807) is 42.5 Å². The molecule has 0 bridgehead atoms. The fourth-order valence-corrected chi connectivity index (χ4v) is 2.81. The molecule has 0 fully saturated rings. The molecule has 31 heavy (non-hydrogen) atoms. The normalized spacial score (nSPS) is 10.2. The highest BCUT2D eigenvalue weighted by molar-refractivity contribution is 6.30. The molecular weight excluding hydrogens is 422 g/mol. The van der Waals surface area contributed by atoms with Gasteiger partial charge in [-0.2, -0.15) is 0 Å². The molecule has 2 aromatic carbocycles. The number of hydrogen-bond acceptors (Lipinski definition) is 6. The number of urea groups is 1. The lowest BCUT2D eigenvalue weighted by Gasteiger charge is -2.13. The minimum Gasteiger partial charge on any atom is -0.496 e. The van der Waals surface area contributed by atoms with Gasteiger partial charge in [-0.05, 0) is 35.9 Å². The predicted molar refractivity (Wildman–Crippen MR) is 116 cm³/mol. The average Bonchev–Trinajstić information content (AvgIpc) is 2.78. The first kappa shape index (κ1) is 21.9. The summed E-state index contributed by atoms with van der Waals surface area (Å²) in [6.07, 6.45) is 1.42. The second-order valence-electron chi connectivity index (χ2n) is 6.25. The Hall–Kier alpha value is -3.78. The van der Waals surface area contributed by atoms with E-state index < -0.39 is 11.9 Å². The molecule has 160 valence electrons. The molecule has 9 heteroatoms. The van der Waals surface area contributed by atoms with Gasteiger partial charge in [0, 0.05) is 11.1 Å². The second-order valence-corrected chi connectivity index (χ2v) is 6.68. The summed E-state index contributed by atoms with van der Waals surface area (Å²) in [7, 11) is 2.85. The van der Waals surface area contributed by atoms with Crippen LogP contribution < -0.4 is 24.8 Å². The Balaban J connectivity index is 1.57. The summed E-state index contributed by atoms with van der Waals surface area (Å²) < 4.78 is 16.0. The number of anilines is 1. The number of ether oxygens (including phenoxy) is 3. The highest BCUT2D eigenvalue weighted by atomic mass is 35.5. The molecule has 0 atom stereocenters. The van der Waals surface area contributed by atoms with Gasteiger partial charge in [0.25, 0.3) is 5.91 Å². The zero-order valence-electron chi connectivity index (χ0n) is 16.8. The van der Waals surface area contributed by atoms with Gasteiger partial charge in [-0.3, -0.25) is 10.1 Å². The smallest absolute Gasteiger partial charge is 0.326 e. The van der Waals surface area contributed by atoms with Crippen molar-refractivity contribution in [3.8, 4) is 17.4 Å². The van der Waals surface area contributed by atoms with E-state index in [2.05, 4.69) is 15.6 Å². The number of rotatable bonds is 7. The van der Waals surface area contributed by atoms with Crippen molar-refractivity contribution >= 4 is 29.2 Å². The fraction of sp³-hybridized carbons (Fsp3) is 0.136. The van der Waals surface area contributed by atoms with Gasteiger partial charge in [-0.25, -0.2) is 9.78 Å². The largest absolute Gasteiger partial charge is 0.496 e. The number of carbonyl (C=O) groups is 2. The van der Waals surface area contributed by atoms with Crippen LogP contribution in [0, 0.1) is 0 Å². The van der Waals surface area contributed by atoms with E-state index in [4.69, 9.17) is 25.8 Å². The first-order valence-corrected chi connectivity index (χ1v) is 9.54. The average molecular weight is 442 g/mol. The van der Waals surface area contributed by atoms with Gasteiger partial charge in [-0.1, -0.05) is 29.8 Å². The van der Waals surface area contributed by atoms with Gasteiger partial charge in [0.1, 0.15) is 23.7 Å². The zero-order valence-corrected chi connectivity index (χ0v) is 17.6. The first-order chi connectivity index (χ1) is 15.0. The molecule has 0 aliphatic carbocycles. The molecule has 0 saturated heterocycles. The molecule has 3 aromatic rings. The molecule has 3 rings (SSSR count). The molecule has 0 radical (unpaired) electrons. The highest BCUT2D eigenvalue weighted by Gasteiger charge is 2.20. The van der Waals surface area contributed by atoms with E-state index in [0.717, 1.165) is 5.56 Å². The number of methoxy groups -OCH3 is 2. The van der Waals surface area contributed by atoms with Crippen molar-refractivity contribution in [3.63, 3.8) is 0 Å². The Kier molecular flexibility index (Phi) is 7.29. The standard InChI is InChI=1S/C22H20ClN3O5/c1-29-17-4-3-5-18(30-2)20(17)21(27)26-22(28)25-16-10-11-19(24-12-16)31-13-14-6-8-15(23)9-7-14/h3-12H,13H2,1-2H3,(H2,25,26,27,28). The van der Waals surface area contributed by atoms with E-state index in [1.165, 1.54) is 20.4 Å². The van der Waals surface area contributed by atoms with Crippen molar-refractivity contribution in [2.75, 3.05) is 19.5 Å². The lowest BCUT2D eigenvalue weighted by atomic mass is 10.1. The molecule has 0 spiro atoms. The summed E-state index contributed by atoms with van der Waals surface area (Å²) in [6, 6.07) is 14.6. The van der Waals surface area contributed by atoms with Gasteiger partial charge >= 0.3 is 6.03 Å². The molecule has 0 aliphatic rings. The Morgan fingerprint density at radius 2 is 1.65 bits per heavy atom. The van der Waals surface area contributed by atoms with Crippen LogP contribution in [0.1, 0.15) is 15.9 Å². The summed E-state index contributed by atoms with van der Waals surface area (Å²) in [5.41, 5.74) is 1.45. The third-order valence-electron chi connectivity index (χ3n) is 4.18. The third-order valence-corrected chi connectivity index (χ3v) is 4.43. The van der Waals surface area contributed by atoms with Crippen molar-refractivity contribution in [1.29, 1.82) is 0 Å². The Bertz CT molecular complexity index is 1030. The molecule has 0 unspecified atom stereocenters. The van der Waals surface area contributed by atoms with Crippen LogP contribution in [0.25, 0.3) is 0 Å². The van der Waals surface area contributed by atoms with Gasteiger partial charge in [0.15, 0.2) is 0 Å². The molecule has 1 heterocycles. The highest BCUT2D eigenvalue weighted by Crippen LogP contribution is 2.28. The number of pyridine rings is 1. The van der Waals surface area contributed by atoms with Crippen molar-refractivity contribution < 1.29 is 23.8 Å². The van der Waals surface area contributed by atoms with E-state index in [1.807, 2.05) is 12.1 Å². The van der Waals surface area contributed by atoms with Gasteiger partial charge in [0.05, 0.1) is 26.1 Å². The summed E-state index contributed by atoms with van der Waals surface area (Å²) in [4.78, 5) is 28.9. The zero-order chi connectivity index (χ0) is 22.2. The Morgan fingerprint density at radius 1 is 0.968 bits per heavy atom. The van der Waals surface area contributed by atoms with Crippen LogP contribution in [-0.2, 0) is 6.61 Å². The van der Waals surface area contributed by atoms with E-state index in [9.17, 15) is 9.59 Å². The van der Waals surface area contributed by atoms with Crippen LogP contribution in [0.5, 0.6) is 17.4 Å². The van der Waals surface area contributed by atoms with E-state index in [-0.39, 0.29) is 17.1 Å². The summed E-state index contributed by atoms with van der Waals surface area (Å²) in [6.45, 7) is 0.326. The van der Waals surface area contributed by atoms with E-state index in [0.29, 0.717) is 23.2 Å². The first-order valence-electron chi connectivity index (χ1n) is 9.16. The van der Waals surface area contributed by atoms with Crippen LogP contribution in [0.4, 0.5) is 10.5 Å². The topological polar surface area (TPSA) is 98.8 Å². The number of halogens is 1. The monoisotopic (exact) mass is 441 g/mol. The minimum absolute atomic E-state index is 0.117. The third kappa shape index (κ3) is 5.86. The van der Waals surface area contributed by atoms with Gasteiger partial charge < -0.3 is 19.5 Å². The number of nitrogens with one attached hydrogen (secondary N) is 2. The maximum absolute atomic E-state index is 12.5. The number of imide groups is 1. The van der Waals surface area contributed by atoms with Crippen molar-refractivity contribution in [3.05, 3.63) is 76.9 Å². The second kappa shape index (κ2) is 10.3. The molecule has 1 aromatic heterocycles.